The van der Waals surface area contributed by atoms with Crippen LogP contribution in [0.5, 0.6) is 5.75 Å². The van der Waals surface area contributed by atoms with Gasteiger partial charge in [0.25, 0.3) is 12.3 Å². The van der Waals surface area contributed by atoms with Gasteiger partial charge < -0.3 is 24.6 Å². The number of fused-ring (bicyclic) bond motifs is 1. The number of halogens is 4. The number of amides is 1. The number of methoxy groups -OCH3 is 1. The molecule has 12 heteroatoms. The van der Waals surface area contributed by atoms with Crippen LogP contribution >= 0.6 is 0 Å². The number of ether oxygens (including phenoxy) is 2. The molecule has 1 aromatic heterocycles. The zero-order chi connectivity index (χ0) is 25.8. The van der Waals surface area contributed by atoms with Gasteiger partial charge in [0.15, 0.2) is 23.2 Å². The van der Waals surface area contributed by atoms with Crippen molar-refractivity contribution >= 4 is 17.5 Å². The number of benzene rings is 1. The Morgan fingerprint density at radius 3 is 2.58 bits per heavy atom. The highest BCUT2D eigenvalue weighted by Crippen LogP contribution is 2.30. The first kappa shape index (κ1) is 25.9. The van der Waals surface area contributed by atoms with Crippen molar-refractivity contribution in [1.82, 2.24) is 14.9 Å². The number of rotatable bonds is 8. The first-order valence-electron chi connectivity index (χ1n) is 11.8. The number of carbonyl (C=O) groups excluding carboxylic acids is 1. The van der Waals surface area contributed by atoms with E-state index in [1.807, 2.05) is 4.90 Å². The predicted octanol–water partition coefficient (Wildman–Crippen LogP) is 3.40. The molecule has 0 aliphatic carbocycles. The topological polar surface area (TPSA) is 79.8 Å². The third-order valence-electron chi connectivity index (χ3n) is 6.36. The molecule has 3 heterocycles. The van der Waals surface area contributed by atoms with Crippen molar-refractivity contribution in [2.45, 2.75) is 51.4 Å². The Kier molecular flexibility index (Phi) is 8.12. The van der Waals surface area contributed by atoms with Crippen LogP contribution in [-0.2, 0) is 22.5 Å². The molecule has 36 heavy (non-hydrogen) atoms. The fraction of sp³-hybridized carbons (Fsp3) is 0.542. The number of hydrogen-bond donors (Lipinski definition) is 1. The van der Waals surface area contributed by atoms with Crippen LogP contribution in [0.4, 0.5) is 29.2 Å². The predicted molar refractivity (Wildman–Crippen MR) is 124 cm³/mol. The van der Waals surface area contributed by atoms with Crippen molar-refractivity contribution in [3.63, 3.8) is 0 Å². The Hall–Kier alpha value is -3.15. The van der Waals surface area contributed by atoms with E-state index in [9.17, 15) is 22.4 Å². The summed E-state index contributed by atoms with van der Waals surface area (Å²) in [6, 6.07) is 3.18. The average Bonchev–Trinajstić information content (AvgIpc) is 2.87. The lowest BCUT2D eigenvalue weighted by Crippen LogP contribution is -2.43. The van der Waals surface area contributed by atoms with E-state index in [2.05, 4.69) is 10.3 Å². The highest BCUT2D eigenvalue weighted by molar-refractivity contribution is 5.80. The molecule has 4 rings (SSSR count). The fourth-order valence-corrected chi connectivity index (χ4v) is 4.32. The number of hydrogen-bond acceptors (Lipinski definition) is 7. The molecule has 1 saturated heterocycles. The standard InChI is InChI=1S/C24H29F4N5O3/c1-14(35-2)24(34)33-10-7-18-19(13-33)30-22(29-12-21(27)28)23(31-18)32-8-5-16(6-9-32)36-20-4-3-15(25)11-17(20)26/h3-4,11,14,16,21H,5-10,12-13H2,1-2H3,(H,29,30). The molecular weight excluding hydrogens is 482 g/mol. The number of anilines is 2. The molecule has 2 aliphatic heterocycles. The van der Waals surface area contributed by atoms with E-state index >= 15 is 0 Å². The van der Waals surface area contributed by atoms with Crippen molar-refractivity contribution in [1.29, 1.82) is 0 Å². The molecular formula is C24H29F4N5O3. The summed E-state index contributed by atoms with van der Waals surface area (Å²) in [5.74, 6) is -0.924. The van der Waals surface area contributed by atoms with Gasteiger partial charge in [0.05, 0.1) is 24.5 Å². The Bertz CT molecular complexity index is 1080. The number of piperidine rings is 1. The maximum absolute atomic E-state index is 14.0. The normalized spacial score (nSPS) is 17.2. The van der Waals surface area contributed by atoms with Crippen LogP contribution in [0.1, 0.15) is 31.2 Å². The second-order valence-electron chi connectivity index (χ2n) is 8.83. The summed E-state index contributed by atoms with van der Waals surface area (Å²) < 4.78 is 63.9. The number of alkyl halides is 2. The minimum atomic E-state index is -2.58. The minimum absolute atomic E-state index is 0.00963. The third-order valence-corrected chi connectivity index (χ3v) is 6.36. The number of nitrogens with zero attached hydrogens (tertiary/aromatic N) is 4. The summed E-state index contributed by atoms with van der Waals surface area (Å²) in [5, 5.41) is 2.69. The van der Waals surface area contributed by atoms with E-state index in [4.69, 9.17) is 14.5 Å². The zero-order valence-corrected chi connectivity index (χ0v) is 20.1. The van der Waals surface area contributed by atoms with Gasteiger partial charge in [-0.1, -0.05) is 0 Å². The summed E-state index contributed by atoms with van der Waals surface area (Å²) in [4.78, 5) is 25.4. The maximum Gasteiger partial charge on any atom is 0.255 e. The first-order valence-corrected chi connectivity index (χ1v) is 11.8. The fourth-order valence-electron chi connectivity index (χ4n) is 4.32. The smallest absolute Gasteiger partial charge is 0.255 e. The lowest BCUT2D eigenvalue weighted by Gasteiger charge is -2.35. The van der Waals surface area contributed by atoms with Gasteiger partial charge in [-0.3, -0.25) is 4.79 Å². The van der Waals surface area contributed by atoms with Crippen LogP contribution in [0.15, 0.2) is 18.2 Å². The Morgan fingerprint density at radius 1 is 1.17 bits per heavy atom. The van der Waals surface area contributed by atoms with E-state index in [-0.39, 0.29) is 30.1 Å². The van der Waals surface area contributed by atoms with Gasteiger partial charge in [0.2, 0.25) is 0 Å². The molecule has 2 aliphatic rings. The van der Waals surface area contributed by atoms with Crippen LogP contribution in [0, 0.1) is 11.6 Å². The minimum Gasteiger partial charge on any atom is -0.487 e. The highest BCUT2D eigenvalue weighted by atomic mass is 19.3. The van der Waals surface area contributed by atoms with Crippen LogP contribution in [0.25, 0.3) is 0 Å². The van der Waals surface area contributed by atoms with Crippen molar-refractivity contribution in [3.8, 4) is 5.75 Å². The highest BCUT2D eigenvalue weighted by Gasteiger charge is 2.30. The molecule has 1 unspecified atom stereocenters. The van der Waals surface area contributed by atoms with E-state index in [0.717, 1.165) is 12.1 Å². The molecule has 1 atom stereocenters. The Balaban J connectivity index is 1.48. The van der Waals surface area contributed by atoms with Gasteiger partial charge in [-0.15, -0.1) is 0 Å². The van der Waals surface area contributed by atoms with E-state index in [0.29, 0.717) is 56.1 Å². The molecule has 1 aromatic carbocycles. The third kappa shape index (κ3) is 5.97. The second kappa shape index (κ2) is 11.3. The van der Waals surface area contributed by atoms with Crippen molar-refractivity contribution in [3.05, 3.63) is 41.2 Å². The first-order chi connectivity index (χ1) is 17.2. The van der Waals surface area contributed by atoms with E-state index < -0.39 is 30.7 Å². The van der Waals surface area contributed by atoms with Crippen LogP contribution < -0.4 is 15.0 Å². The van der Waals surface area contributed by atoms with Gasteiger partial charge in [-0.25, -0.2) is 27.5 Å². The van der Waals surface area contributed by atoms with Crippen LogP contribution in [-0.4, -0.2) is 72.7 Å². The molecule has 196 valence electrons. The van der Waals surface area contributed by atoms with Gasteiger partial charge in [0, 0.05) is 52.1 Å². The summed E-state index contributed by atoms with van der Waals surface area (Å²) >= 11 is 0. The van der Waals surface area contributed by atoms with E-state index in [1.165, 1.54) is 13.2 Å². The molecule has 2 aromatic rings. The molecule has 0 saturated carbocycles. The lowest BCUT2D eigenvalue weighted by atomic mass is 10.1. The number of aromatic nitrogens is 2. The summed E-state index contributed by atoms with van der Waals surface area (Å²) in [7, 11) is 1.46. The zero-order valence-electron chi connectivity index (χ0n) is 20.1. The maximum atomic E-state index is 14.0. The number of carbonyl (C=O) groups is 1. The molecule has 0 radical (unpaired) electrons. The van der Waals surface area contributed by atoms with Crippen LogP contribution in [0.3, 0.4) is 0 Å². The SMILES string of the molecule is COC(C)C(=O)N1CCc2nc(N3CCC(Oc4ccc(F)cc4F)CC3)c(NCC(F)F)nc2C1. The van der Waals surface area contributed by atoms with Gasteiger partial charge in [-0.2, -0.15) is 0 Å². The Labute approximate surface area is 206 Å². The summed E-state index contributed by atoms with van der Waals surface area (Å²) in [6.45, 7) is 2.72. The largest absolute Gasteiger partial charge is 0.487 e. The monoisotopic (exact) mass is 511 g/mol. The van der Waals surface area contributed by atoms with Gasteiger partial charge >= 0.3 is 0 Å². The molecule has 0 bridgehead atoms. The Morgan fingerprint density at radius 2 is 1.92 bits per heavy atom. The van der Waals surface area contributed by atoms with E-state index in [1.54, 1.807) is 11.8 Å². The molecule has 0 spiro atoms. The average molecular weight is 512 g/mol. The molecule has 1 fully saturated rings. The van der Waals surface area contributed by atoms with Crippen molar-refractivity contribution < 1.29 is 31.8 Å². The van der Waals surface area contributed by atoms with Crippen molar-refractivity contribution in [2.75, 3.05) is 43.5 Å². The van der Waals surface area contributed by atoms with Gasteiger partial charge in [-0.05, 0) is 19.1 Å². The van der Waals surface area contributed by atoms with Gasteiger partial charge in [0.1, 0.15) is 18.0 Å². The van der Waals surface area contributed by atoms with Crippen LogP contribution in [0.2, 0.25) is 0 Å². The molecule has 1 amide bonds. The molecule has 1 N–H and O–H groups in total. The summed E-state index contributed by atoms with van der Waals surface area (Å²) in [6.07, 6.45) is -1.92. The second-order valence-corrected chi connectivity index (χ2v) is 8.83. The molecule has 8 nitrogen and oxygen atoms in total. The number of nitrogens with one attached hydrogen (secondary N) is 1. The lowest BCUT2D eigenvalue weighted by molar-refractivity contribution is -0.142. The van der Waals surface area contributed by atoms with Crippen molar-refractivity contribution in [2.24, 2.45) is 0 Å². The summed E-state index contributed by atoms with van der Waals surface area (Å²) in [5.41, 5.74) is 1.27. The quantitative estimate of drug-likeness (QED) is 0.545.